The van der Waals surface area contributed by atoms with Crippen molar-refractivity contribution in [1.82, 2.24) is 0 Å². The standard InChI is InChI=1S/C7H6N2OS2/c10-7(8-3-1-5-11-8)9-4-2-6-12-9/h1-6H/q+2. The molecule has 0 atom stereocenters. The third kappa shape index (κ3) is 1.28. The fraction of sp³-hybridized carbons (Fsp3) is 0. The van der Waals surface area contributed by atoms with Crippen molar-refractivity contribution in [1.29, 1.82) is 0 Å². The number of carbonyl (C=O) groups excluding carboxylic acids is 1. The lowest BCUT2D eigenvalue weighted by Gasteiger charge is -1.74. The van der Waals surface area contributed by atoms with E-state index in [4.69, 9.17) is 0 Å². The minimum atomic E-state index is -0.0278. The first-order valence-electron chi connectivity index (χ1n) is 3.34. The van der Waals surface area contributed by atoms with E-state index in [-0.39, 0.29) is 6.03 Å². The average Bonchev–Trinajstić information content (AvgIpc) is 2.77. The van der Waals surface area contributed by atoms with Gasteiger partial charge < -0.3 is 0 Å². The Balaban J connectivity index is 2.34. The third-order valence-corrected chi connectivity index (χ3v) is 2.89. The summed E-state index contributed by atoms with van der Waals surface area (Å²) < 4.78 is 3.16. The van der Waals surface area contributed by atoms with Crippen LogP contribution in [-0.4, -0.2) is 6.03 Å². The molecule has 12 heavy (non-hydrogen) atoms. The first kappa shape index (κ1) is 7.57. The molecule has 60 valence electrons. The molecule has 0 amide bonds. The highest BCUT2D eigenvalue weighted by Crippen LogP contribution is 1.89. The molecule has 0 N–H and O–H groups in total. The Hall–Kier alpha value is -1.07. The summed E-state index contributed by atoms with van der Waals surface area (Å²) in [5.74, 6) is 0. The molecule has 0 aromatic carbocycles. The van der Waals surface area contributed by atoms with E-state index in [1.807, 2.05) is 22.9 Å². The second-order valence-corrected chi connectivity index (χ2v) is 3.85. The van der Waals surface area contributed by atoms with E-state index >= 15 is 0 Å². The molecule has 0 radical (unpaired) electrons. The van der Waals surface area contributed by atoms with Gasteiger partial charge in [0.05, 0.1) is 10.8 Å². The van der Waals surface area contributed by atoms with Crippen LogP contribution in [0.15, 0.2) is 35.3 Å². The molecule has 0 saturated heterocycles. The number of hydrogen-bond acceptors (Lipinski definition) is 3. The van der Waals surface area contributed by atoms with Gasteiger partial charge in [-0.05, 0) is 7.91 Å². The van der Waals surface area contributed by atoms with Crippen LogP contribution in [-0.2, 0) is 0 Å². The Labute approximate surface area is 77.4 Å². The maximum atomic E-state index is 11.5. The second kappa shape index (κ2) is 3.12. The Morgan fingerprint density at radius 3 is 1.83 bits per heavy atom. The van der Waals surface area contributed by atoms with E-state index < -0.39 is 0 Å². The summed E-state index contributed by atoms with van der Waals surface area (Å²) in [6, 6.07) is 3.66. The summed E-state index contributed by atoms with van der Waals surface area (Å²) in [6.45, 7) is 0. The highest BCUT2D eigenvalue weighted by atomic mass is 32.1. The number of carbonyl (C=O) groups is 1. The molecule has 0 unspecified atom stereocenters. The van der Waals surface area contributed by atoms with Crippen molar-refractivity contribution in [2.24, 2.45) is 0 Å². The zero-order valence-corrected chi connectivity index (χ0v) is 7.72. The van der Waals surface area contributed by atoms with Crippen LogP contribution >= 0.6 is 23.1 Å². The topological polar surface area (TPSA) is 24.8 Å². The van der Waals surface area contributed by atoms with Gasteiger partial charge in [0.2, 0.25) is 12.4 Å². The van der Waals surface area contributed by atoms with Gasteiger partial charge >= 0.3 is 6.03 Å². The van der Waals surface area contributed by atoms with E-state index in [0.717, 1.165) is 0 Å². The van der Waals surface area contributed by atoms with Gasteiger partial charge in [0.15, 0.2) is 0 Å². The van der Waals surface area contributed by atoms with Crippen molar-refractivity contribution < 1.29 is 12.7 Å². The highest BCUT2D eigenvalue weighted by molar-refractivity contribution is 7.00. The van der Waals surface area contributed by atoms with E-state index in [1.54, 1.807) is 20.3 Å². The van der Waals surface area contributed by atoms with Crippen molar-refractivity contribution in [2.75, 3.05) is 0 Å². The highest BCUT2D eigenvalue weighted by Gasteiger charge is 2.28. The lowest BCUT2D eigenvalue weighted by molar-refractivity contribution is -0.651. The molecule has 0 aliphatic heterocycles. The van der Waals surface area contributed by atoms with Crippen LogP contribution in [0.25, 0.3) is 0 Å². The summed E-state index contributed by atoms with van der Waals surface area (Å²) in [7, 11) is 0. The number of rotatable bonds is 0. The molecule has 0 bridgehead atoms. The number of nitrogens with zero attached hydrogens (tertiary/aromatic N) is 2. The van der Waals surface area contributed by atoms with Crippen molar-refractivity contribution >= 4 is 29.1 Å². The predicted molar refractivity (Wildman–Crippen MR) is 45.2 cm³/mol. The van der Waals surface area contributed by atoms with Gasteiger partial charge in [-0.2, -0.15) is 0 Å². The quantitative estimate of drug-likeness (QED) is 0.577. The summed E-state index contributed by atoms with van der Waals surface area (Å²) in [5.41, 5.74) is 0. The lowest BCUT2D eigenvalue weighted by Crippen LogP contribution is -2.55. The minimum Gasteiger partial charge on any atom is -0.149 e. The zero-order valence-electron chi connectivity index (χ0n) is 6.08. The number of hydrogen-bond donors (Lipinski definition) is 0. The summed E-state index contributed by atoms with van der Waals surface area (Å²) in [4.78, 5) is 11.5. The second-order valence-electron chi connectivity index (χ2n) is 2.10. The molecular weight excluding hydrogens is 192 g/mol. The molecule has 2 aromatic rings. The average molecular weight is 198 g/mol. The molecule has 2 rings (SSSR count). The van der Waals surface area contributed by atoms with Crippen LogP contribution < -0.4 is 7.91 Å². The Morgan fingerprint density at radius 1 is 1.00 bits per heavy atom. The largest absolute Gasteiger partial charge is 0.709 e. The smallest absolute Gasteiger partial charge is 0.149 e. The molecular formula is C7H6N2OS2+2. The Morgan fingerprint density at radius 2 is 1.50 bits per heavy atom. The van der Waals surface area contributed by atoms with Crippen molar-refractivity contribution in [3.63, 3.8) is 0 Å². The first-order chi connectivity index (χ1) is 5.88. The third-order valence-electron chi connectivity index (χ3n) is 1.33. The van der Waals surface area contributed by atoms with E-state index in [0.29, 0.717) is 0 Å². The van der Waals surface area contributed by atoms with Gasteiger partial charge in [-0.25, -0.2) is 0 Å². The van der Waals surface area contributed by atoms with E-state index in [1.165, 1.54) is 23.1 Å². The minimum absolute atomic E-state index is 0.0278. The summed E-state index contributed by atoms with van der Waals surface area (Å²) in [5, 5.41) is 3.73. The van der Waals surface area contributed by atoms with E-state index in [2.05, 4.69) is 0 Å². The van der Waals surface area contributed by atoms with Crippen LogP contribution in [0.1, 0.15) is 0 Å². The van der Waals surface area contributed by atoms with Crippen LogP contribution in [0.4, 0.5) is 4.79 Å². The van der Waals surface area contributed by atoms with Crippen molar-refractivity contribution in [2.45, 2.75) is 0 Å². The molecule has 3 nitrogen and oxygen atoms in total. The Kier molecular flexibility index (Phi) is 1.97. The fourth-order valence-corrected chi connectivity index (χ4v) is 2.05. The molecule has 0 saturated carbocycles. The molecule has 2 aromatic heterocycles. The SMILES string of the molecule is O=C([n+]1cccs1)[n+]1cccs1. The van der Waals surface area contributed by atoms with Gasteiger partial charge in [0.25, 0.3) is 0 Å². The molecule has 0 aliphatic rings. The zero-order chi connectivity index (χ0) is 8.39. The lowest BCUT2D eigenvalue weighted by atomic mass is 10.7. The summed E-state index contributed by atoms with van der Waals surface area (Å²) >= 11 is 2.76. The van der Waals surface area contributed by atoms with Gasteiger partial charge in [-0.15, -0.1) is 4.79 Å². The van der Waals surface area contributed by atoms with E-state index in [9.17, 15) is 4.79 Å². The summed E-state index contributed by atoms with van der Waals surface area (Å²) in [6.07, 6.45) is 3.50. The molecule has 0 aliphatic carbocycles. The van der Waals surface area contributed by atoms with Crippen LogP contribution in [0.5, 0.6) is 0 Å². The maximum absolute atomic E-state index is 11.5. The maximum Gasteiger partial charge on any atom is 0.709 e. The predicted octanol–water partition coefficient (Wildman–Crippen LogP) is 0.901. The fourth-order valence-electron chi connectivity index (χ4n) is 0.813. The van der Waals surface area contributed by atoms with Crippen LogP contribution in [0, 0.1) is 0 Å². The van der Waals surface area contributed by atoms with Gasteiger partial charge in [-0.1, -0.05) is 0 Å². The molecule has 5 heteroatoms. The molecule has 0 spiro atoms. The first-order valence-corrected chi connectivity index (χ1v) is 5.01. The number of aromatic nitrogens is 2. The Bertz CT molecular complexity index is 330. The molecule has 2 heterocycles. The van der Waals surface area contributed by atoms with Gasteiger partial charge in [0.1, 0.15) is 23.1 Å². The molecule has 0 fully saturated rings. The van der Waals surface area contributed by atoms with Crippen LogP contribution in [0.2, 0.25) is 0 Å². The van der Waals surface area contributed by atoms with Crippen LogP contribution in [0.3, 0.4) is 0 Å². The van der Waals surface area contributed by atoms with Crippen molar-refractivity contribution in [3.8, 4) is 0 Å². The van der Waals surface area contributed by atoms with Crippen molar-refractivity contribution in [3.05, 3.63) is 35.3 Å². The normalized spacial score (nSPS) is 10.0. The van der Waals surface area contributed by atoms with Gasteiger partial charge in [-0.3, -0.25) is 0 Å². The monoisotopic (exact) mass is 198 g/mol. The van der Waals surface area contributed by atoms with Gasteiger partial charge in [0, 0.05) is 12.1 Å².